The molecule has 0 saturated carbocycles. The van der Waals surface area contributed by atoms with Crippen LogP contribution in [0.5, 0.6) is 0 Å². The van der Waals surface area contributed by atoms with Gasteiger partial charge < -0.3 is 5.32 Å². The van der Waals surface area contributed by atoms with Crippen LogP contribution in [-0.4, -0.2) is 16.2 Å². The third-order valence-corrected chi connectivity index (χ3v) is 5.09. The molecule has 1 N–H and O–H groups in total. The highest BCUT2D eigenvalue weighted by Gasteiger charge is 2.07. The predicted octanol–water partition coefficient (Wildman–Crippen LogP) is 5.74. The van der Waals surface area contributed by atoms with Gasteiger partial charge in [-0.1, -0.05) is 30.2 Å². The van der Waals surface area contributed by atoms with Gasteiger partial charge in [0.1, 0.15) is 12.1 Å². The number of thioether (sulfide) groups is 1. The Kier molecular flexibility index (Phi) is 4.78. The Morgan fingerprint density at radius 3 is 2.52 bits per heavy atom. The monoisotopic (exact) mass is 367 g/mol. The number of nitrogens with zero attached hydrogens (tertiary/aromatic N) is 2. The fourth-order valence-corrected chi connectivity index (χ4v) is 3.35. The molecular weight excluding hydrogens is 350 g/mol. The predicted molar refractivity (Wildman–Crippen MR) is 114 cm³/mol. The molecule has 4 rings (SSSR count). The van der Waals surface area contributed by atoms with Crippen LogP contribution in [0.3, 0.4) is 0 Å². The largest absolute Gasteiger partial charge is 0.340 e. The number of fused-ring (bicyclic) bond motifs is 1. The smallest absolute Gasteiger partial charge is 0.141 e. The molecule has 1 aromatic heterocycles. The van der Waals surface area contributed by atoms with E-state index in [1.807, 2.05) is 30.3 Å². The molecule has 0 aliphatic heterocycles. The minimum absolute atomic E-state index is 0.761. The molecule has 0 aliphatic carbocycles. The lowest BCUT2D eigenvalue weighted by molar-refractivity contribution is 1.22. The van der Waals surface area contributed by atoms with Crippen LogP contribution in [0.1, 0.15) is 5.56 Å². The highest BCUT2D eigenvalue weighted by molar-refractivity contribution is 7.98. The van der Waals surface area contributed by atoms with Gasteiger partial charge in [0.05, 0.1) is 5.52 Å². The van der Waals surface area contributed by atoms with Crippen LogP contribution in [-0.2, 0) is 0 Å². The Hall–Kier alpha value is -3.29. The second kappa shape index (κ2) is 7.53. The highest BCUT2D eigenvalue weighted by Crippen LogP contribution is 2.29. The molecule has 0 radical (unpaired) electrons. The van der Waals surface area contributed by atoms with E-state index in [4.69, 9.17) is 6.42 Å². The van der Waals surface area contributed by atoms with E-state index in [2.05, 4.69) is 63.9 Å². The molecule has 3 nitrogen and oxygen atoms in total. The van der Waals surface area contributed by atoms with Crippen molar-refractivity contribution in [2.75, 3.05) is 11.6 Å². The van der Waals surface area contributed by atoms with Crippen molar-refractivity contribution < 1.29 is 0 Å². The number of rotatable bonds is 4. The number of hydrogen-bond acceptors (Lipinski definition) is 4. The zero-order valence-electron chi connectivity index (χ0n) is 14.8. The molecule has 0 atom stereocenters. The molecule has 0 amide bonds. The number of terminal acetylenes is 1. The number of benzene rings is 3. The molecular formula is C23H17N3S. The third kappa shape index (κ3) is 3.64. The van der Waals surface area contributed by atoms with Crippen molar-refractivity contribution in [2.24, 2.45) is 0 Å². The van der Waals surface area contributed by atoms with Crippen molar-refractivity contribution in [3.05, 3.63) is 78.6 Å². The molecule has 0 unspecified atom stereocenters. The van der Waals surface area contributed by atoms with E-state index in [0.717, 1.165) is 33.5 Å². The summed E-state index contributed by atoms with van der Waals surface area (Å²) >= 11 is 1.74. The Morgan fingerprint density at radius 2 is 1.74 bits per heavy atom. The SMILES string of the molecule is C#Cc1cccc(Nc2ncnc3ccc(-c4ccc(SC)cc4)cc23)c1. The molecule has 4 aromatic rings. The van der Waals surface area contributed by atoms with Crippen molar-refractivity contribution in [2.45, 2.75) is 4.90 Å². The number of aromatic nitrogens is 2. The molecule has 130 valence electrons. The Bertz CT molecular complexity index is 1140. The van der Waals surface area contributed by atoms with Crippen molar-refractivity contribution in [3.8, 4) is 23.5 Å². The minimum atomic E-state index is 0.761. The van der Waals surface area contributed by atoms with E-state index in [9.17, 15) is 0 Å². The first-order valence-corrected chi connectivity index (χ1v) is 9.72. The summed E-state index contributed by atoms with van der Waals surface area (Å²) in [6.07, 6.45) is 9.15. The van der Waals surface area contributed by atoms with E-state index in [1.165, 1.54) is 10.5 Å². The van der Waals surface area contributed by atoms with Gasteiger partial charge in [-0.3, -0.25) is 0 Å². The van der Waals surface area contributed by atoms with Gasteiger partial charge in [0.2, 0.25) is 0 Å². The zero-order chi connectivity index (χ0) is 18.6. The summed E-state index contributed by atoms with van der Waals surface area (Å²) in [7, 11) is 0. The fourth-order valence-electron chi connectivity index (χ4n) is 2.94. The first kappa shape index (κ1) is 17.1. The molecule has 0 aliphatic rings. The zero-order valence-corrected chi connectivity index (χ0v) is 15.6. The Balaban J connectivity index is 1.75. The molecule has 0 fully saturated rings. The Morgan fingerprint density at radius 1 is 0.926 bits per heavy atom. The van der Waals surface area contributed by atoms with Gasteiger partial charge in [-0.2, -0.15) is 0 Å². The molecule has 0 bridgehead atoms. The molecule has 4 heteroatoms. The topological polar surface area (TPSA) is 37.8 Å². The van der Waals surface area contributed by atoms with Gasteiger partial charge in [0, 0.05) is 21.5 Å². The van der Waals surface area contributed by atoms with E-state index < -0.39 is 0 Å². The molecule has 27 heavy (non-hydrogen) atoms. The van der Waals surface area contributed by atoms with Gasteiger partial charge >= 0.3 is 0 Å². The molecule has 1 heterocycles. The summed E-state index contributed by atoms with van der Waals surface area (Å²) in [5.41, 5.74) is 4.92. The number of anilines is 2. The normalized spacial score (nSPS) is 10.5. The maximum atomic E-state index is 5.50. The summed E-state index contributed by atoms with van der Waals surface area (Å²) < 4.78 is 0. The average Bonchev–Trinajstić information content (AvgIpc) is 2.74. The van der Waals surface area contributed by atoms with Crippen LogP contribution in [0.4, 0.5) is 11.5 Å². The molecule has 0 spiro atoms. The molecule has 3 aromatic carbocycles. The Labute approximate surface area is 162 Å². The van der Waals surface area contributed by atoms with Gasteiger partial charge in [0.15, 0.2) is 0 Å². The van der Waals surface area contributed by atoms with E-state index in [-0.39, 0.29) is 0 Å². The third-order valence-electron chi connectivity index (χ3n) is 4.35. The van der Waals surface area contributed by atoms with Crippen LogP contribution in [0.15, 0.2) is 78.0 Å². The van der Waals surface area contributed by atoms with Gasteiger partial charge in [0.25, 0.3) is 0 Å². The number of hydrogen-bond donors (Lipinski definition) is 1. The highest BCUT2D eigenvalue weighted by atomic mass is 32.2. The van der Waals surface area contributed by atoms with Crippen LogP contribution in [0, 0.1) is 12.3 Å². The first-order chi connectivity index (χ1) is 13.3. The summed E-state index contributed by atoms with van der Waals surface area (Å²) in [5, 5.41) is 4.34. The average molecular weight is 367 g/mol. The van der Waals surface area contributed by atoms with E-state index in [1.54, 1.807) is 18.1 Å². The minimum Gasteiger partial charge on any atom is -0.340 e. The summed E-state index contributed by atoms with van der Waals surface area (Å²) in [6, 6.07) is 22.5. The van der Waals surface area contributed by atoms with Crippen molar-refractivity contribution in [1.29, 1.82) is 0 Å². The summed E-state index contributed by atoms with van der Waals surface area (Å²) in [6.45, 7) is 0. The second-order valence-corrected chi connectivity index (χ2v) is 6.91. The quantitative estimate of drug-likeness (QED) is 0.368. The summed E-state index contributed by atoms with van der Waals surface area (Å²) in [5.74, 6) is 3.42. The number of nitrogens with one attached hydrogen (secondary N) is 1. The van der Waals surface area contributed by atoms with Crippen LogP contribution >= 0.6 is 11.8 Å². The fraction of sp³-hybridized carbons (Fsp3) is 0.0435. The van der Waals surface area contributed by atoms with E-state index >= 15 is 0 Å². The van der Waals surface area contributed by atoms with Crippen molar-refractivity contribution in [1.82, 2.24) is 9.97 Å². The first-order valence-electron chi connectivity index (χ1n) is 8.50. The van der Waals surface area contributed by atoms with Crippen molar-refractivity contribution in [3.63, 3.8) is 0 Å². The lowest BCUT2D eigenvalue weighted by Crippen LogP contribution is -1.96. The van der Waals surface area contributed by atoms with Gasteiger partial charge in [-0.25, -0.2) is 9.97 Å². The van der Waals surface area contributed by atoms with Crippen LogP contribution in [0.25, 0.3) is 22.0 Å². The lowest BCUT2D eigenvalue weighted by Gasteiger charge is -2.10. The lowest BCUT2D eigenvalue weighted by atomic mass is 10.0. The summed E-state index contributed by atoms with van der Waals surface area (Å²) in [4.78, 5) is 10.1. The standard InChI is InChI=1S/C23H17N3S/c1-3-16-5-4-6-19(13-16)26-23-21-14-18(9-12-22(21)24-15-25-23)17-7-10-20(27-2)11-8-17/h1,4-15H,2H3,(H,24,25,26). The second-order valence-electron chi connectivity index (χ2n) is 6.03. The van der Waals surface area contributed by atoms with Gasteiger partial charge in [-0.05, 0) is 59.8 Å². The van der Waals surface area contributed by atoms with Gasteiger partial charge in [-0.15, -0.1) is 18.2 Å². The van der Waals surface area contributed by atoms with Crippen LogP contribution < -0.4 is 5.32 Å². The van der Waals surface area contributed by atoms with Crippen LogP contribution in [0.2, 0.25) is 0 Å². The van der Waals surface area contributed by atoms with E-state index in [0.29, 0.717) is 0 Å². The molecule has 0 saturated heterocycles. The maximum absolute atomic E-state index is 5.50. The maximum Gasteiger partial charge on any atom is 0.141 e. The van der Waals surface area contributed by atoms with Crippen molar-refractivity contribution >= 4 is 34.2 Å².